The molecule has 0 radical (unpaired) electrons. The largest absolute Gasteiger partial charge is 0.375 e. The second-order valence-electron chi connectivity index (χ2n) is 6.29. The van der Waals surface area contributed by atoms with Crippen molar-refractivity contribution in [2.75, 3.05) is 13.1 Å². The van der Waals surface area contributed by atoms with Gasteiger partial charge in [-0.3, -0.25) is 4.79 Å². The number of piperidine rings is 1. The van der Waals surface area contributed by atoms with Gasteiger partial charge in [-0.25, -0.2) is 0 Å². The van der Waals surface area contributed by atoms with E-state index in [0.717, 1.165) is 45.2 Å². The Hall–Kier alpha value is -0.320. The zero-order valence-corrected chi connectivity index (χ0v) is 13.5. The Labute approximate surface area is 128 Å². The third-order valence-electron chi connectivity index (χ3n) is 4.55. The van der Waals surface area contributed by atoms with E-state index in [4.69, 9.17) is 10.5 Å². The number of ether oxygens (including phenoxy) is 1. The summed E-state index contributed by atoms with van der Waals surface area (Å²) in [5.41, 5.74) is 5.96. The second kappa shape index (κ2) is 8.20. The van der Waals surface area contributed by atoms with Crippen LogP contribution in [0.25, 0.3) is 0 Å². The fraction of sp³-hybridized carbons (Fsp3) is 0.933. The first kappa shape index (κ1) is 17.7. The fourth-order valence-electron chi connectivity index (χ4n) is 3.21. The summed E-state index contributed by atoms with van der Waals surface area (Å²) < 4.78 is 5.77. The first-order chi connectivity index (χ1) is 9.06. The third kappa shape index (κ3) is 4.90. The van der Waals surface area contributed by atoms with Gasteiger partial charge in [0.2, 0.25) is 5.91 Å². The van der Waals surface area contributed by atoms with E-state index in [2.05, 4.69) is 6.92 Å². The summed E-state index contributed by atoms with van der Waals surface area (Å²) >= 11 is 0. The van der Waals surface area contributed by atoms with E-state index in [1.54, 1.807) is 0 Å². The summed E-state index contributed by atoms with van der Waals surface area (Å²) in [6.45, 7) is 5.91. The van der Waals surface area contributed by atoms with Crippen LogP contribution in [0.2, 0.25) is 0 Å². The Balaban J connectivity index is 0.00000200. The highest BCUT2D eigenvalue weighted by Gasteiger charge is 2.27. The van der Waals surface area contributed by atoms with Crippen molar-refractivity contribution in [2.45, 2.75) is 70.6 Å². The highest BCUT2D eigenvalue weighted by Crippen LogP contribution is 2.24. The van der Waals surface area contributed by atoms with Crippen molar-refractivity contribution in [1.29, 1.82) is 0 Å². The molecule has 0 aromatic rings. The van der Waals surface area contributed by atoms with Gasteiger partial charge in [0.05, 0.1) is 12.2 Å². The molecule has 5 heteroatoms. The number of nitrogens with two attached hydrogens (primary N) is 1. The van der Waals surface area contributed by atoms with Crippen molar-refractivity contribution in [3.05, 3.63) is 0 Å². The van der Waals surface area contributed by atoms with E-state index in [9.17, 15) is 4.79 Å². The molecule has 2 heterocycles. The molecule has 2 N–H and O–H groups in total. The smallest absolute Gasteiger partial charge is 0.222 e. The molecule has 0 aliphatic carbocycles. The molecule has 2 aliphatic heterocycles. The van der Waals surface area contributed by atoms with Gasteiger partial charge in [-0.05, 0) is 51.9 Å². The van der Waals surface area contributed by atoms with Crippen molar-refractivity contribution >= 4 is 18.3 Å². The summed E-state index contributed by atoms with van der Waals surface area (Å²) in [6, 6.07) is 0.189. The average molecular weight is 305 g/mol. The Morgan fingerprint density at radius 1 is 1.40 bits per heavy atom. The SMILES string of the molecule is CC1CCC(CCC(=O)N2CCCC(C(C)N)C2)O1.Cl. The summed E-state index contributed by atoms with van der Waals surface area (Å²) in [4.78, 5) is 14.2. The molecule has 118 valence electrons. The van der Waals surface area contributed by atoms with Crippen molar-refractivity contribution in [3.8, 4) is 0 Å². The molecule has 0 saturated carbocycles. The van der Waals surface area contributed by atoms with Gasteiger partial charge in [0.1, 0.15) is 0 Å². The van der Waals surface area contributed by atoms with Crippen LogP contribution >= 0.6 is 12.4 Å². The molecule has 0 aromatic heterocycles. The number of carbonyl (C=O) groups excluding carboxylic acids is 1. The number of hydrogen-bond acceptors (Lipinski definition) is 3. The Kier molecular flexibility index (Phi) is 7.27. The summed E-state index contributed by atoms with van der Waals surface area (Å²) in [5, 5.41) is 0. The van der Waals surface area contributed by atoms with Gasteiger partial charge in [0.15, 0.2) is 0 Å². The molecule has 2 rings (SSSR count). The summed E-state index contributed by atoms with van der Waals surface area (Å²) in [7, 11) is 0. The fourth-order valence-corrected chi connectivity index (χ4v) is 3.21. The first-order valence-corrected chi connectivity index (χ1v) is 7.75. The average Bonchev–Trinajstić information content (AvgIpc) is 2.82. The van der Waals surface area contributed by atoms with Crippen molar-refractivity contribution in [2.24, 2.45) is 11.7 Å². The normalized spacial score (nSPS) is 31.8. The quantitative estimate of drug-likeness (QED) is 0.867. The Morgan fingerprint density at radius 2 is 2.15 bits per heavy atom. The monoisotopic (exact) mass is 304 g/mol. The lowest BCUT2D eigenvalue weighted by atomic mass is 9.92. The van der Waals surface area contributed by atoms with Gasteiger partial charge in [0, 0.05) is 25.6 Å². The van der Waals surface area contributed by atoms with E-state index in [-0.39, 0.29) is 24.4 Å². The van der Waals surface area contributed by atoms with Gasteiger partial charge in [0.25, 0.3) is 0 Å². The molecule has 4 unspecified atom stereocenters. The van der Waals surface area contributed by atoms with Crippen LogP contribution in [0.4, 0.5) is 0 Å². The molecule has 0 aromatic carbocycles. The maximum Gasteiger partial charge on any atom is 0.222 e. The van der Waals surface area contributed by atoms with Gasteiger partial charge in [-0.15, -0.1) is 12.4 Å². The zero-order valence-electron chi connectivity index (χ0n) is 12.7. The molecule has 1 amide bonds. The topological polar surface area (TPSA) is 55.6 Å². The minimum Gasteiger partial charge on any atom is -0.375 e. The van der Waals surface area contributed by atoms with E-state index >= 15 is 0 Å². The van der Waals surface area contributed by atoms with Crippen LogP contribution in [0.1, 0.15) is 52.4 Å². The molecule has 0 spiro atoms. The maximum absolute atomic E-state index is 12.2. The number of rotatable bonds is 4. The standard InChI is InChI=1S/C15H28N2O2.ClH/c1-11-5-6-14(19-11)7-8-15(18)17-9-3-4-13(10-17)12(2)16;/h11-14H,3-10,16H2,1-2H3;1H. The molecule has 2 aliphatic rings. The lowest BCUT2D eigenvalue weighted by Crippen LogP contribution is -2.45. The minimum absolute atomic E-state index is 0. The number of carbonyl (C=O) groups is 1. The minimum atomic E-state index is 0. The lowest BCUT2D eigenvalue weighted by molar-refractivity contribution is -0.133. The molecular formula is C15H29ClN2O2. The van der Waals surface area contributed by atoms with Gasteiger partial charge < -0.3 is 15.4 Å². The van der Waals surface area contributed by atoms with Crippen LogP contribution in [0, 0.1) is 5.92 Å². The van der Waals surface area contributed by atoms with E-state index < -0.39 is 0 Å². The number of halogens is 1. The molecule has 2 saturated heterocycles. The molecule has 20 heavy (non-hydrogen) atoms. The molecule has 4 nitrogen and oxygen atoms in total. The summed E-state index contributed by atoms with van der Waals surface area (Å²) in [6.07, 6.45) is 6.67. The van der Waals surface area contributed by atoms with Gasteiger partial charge in [-0.1, -0.05) is 0 Å². The Bertz CT molecular complexity index is 312. The van der Waals surface area contributed by atoms with Crippen LogP contribution in [-0.2, 0) is 9.53 Å². The zero-order chi connectivity index (χ0) is 13.8. The predicted octanol–water partition coefficient (Wildman–Crippen LogP) is 2.34. The van der Waals surface area contributed by atoms with E-state index in [1.807, 2.05) is 11.8 Å². The predicted molar refractivity (Wildman–Crippen MR) is 83.0 cm³/mol. The number of likely N-dealkylation sites (tertiary alicyclic amines) is 1. The maximum atomic E-state index is 12.2. The highest BCUT2D eigenvalue weighted by atomic mass is 35.5. The molecule has 0 bridgehead atoms. The van der Waals surface area contributed by atoms with Crippen molar-refractivity contribution < 1.29 is 9.53 Å². The van der Waals surface area contributed by atoms with Crippen LogP contribution < -0.4 is 5.73 Å². The number of nitrogens with zero attached hydrogens (tertiary/aromatic N) is 1. The molecule has 4 atom stereocenters. The van der Waals surface area contributed by atoms with Crippen LogP contribution in [0.15, 0.2) is 0 Å². The van der Waals surface area contributed by atoms with Crippen LogP contribution in [0.5, 0.6) is 0 Å². The van der Waals surface area contributed by atoms with Crippen LogP contribution in [0.3, 0.4) is 0 Å². The molecule has 2 fully saturated rings. The lowest BCUT2D eigenvalue weighted by Gasteiger charge is -2.34. The van der Waals surface area contributed by atoms with Gasteiger partial charge in [-0.2, -0.15) is 0 Å². The third-order valence-corrected chi connectivity index (χ3v) is 4.55. The van der Waals surface area contributed by atoms with E-state index in [0.29, 0.717) is 24.5 Å². The number of hydrogen-bond donors (Lipinski definition) is 1. The first-order valence-electron chi connectivity index (χ1n) is 7.75. The summed E-state index contributed by atoms with van der Waals surface area (Å²) in [5.74, 6) is 0.758. The van der Waals surface area contributed by atoms with Crippen LogP contribution in [-0.4, -0.2) is 42.1 Å². The van der Waals surface area contributed by atoms with Crippen molar-refractivity contribution in [3.63, 3.8) is 0 Å². The molecular weight excluding hydrogens is 276 g/mol. The van der Waals surface area contributed by atoms with Gasteiger partial charge >= 0.3 is 0 Å². The highest BCUT2D eigenvalue weighted by molar-refractivity contribution is 5.85. The number of amides is 1. The second-order valence-corrected chi connectivity index (χ2v) is 6.29. The van der Waals surface area contributed by atoms with E-state index in [1.165, 1.54) is 0 Å². The Morgan fingerprint density at radius 3 is 2.75 bits per heavy atom. The van der Waals surface area contributed by atoms with Crippen molar-refractivity contribution in [1.82, 2.24) is 4.90 Å².